The van der Waals surface area contributed by atoms with E-state index in [9.17, 15) is 13.6 Å². The molecule has 1 aliphatic rings. The molecule has 0 saturated heterocycles. The minimum Gasteiger partial charge on any atom is -0.493 e. The molecular weight excluding hydrogens is 268 g/mol. The number of ether oxygens (including phenoxy) is 2. The zero-order valence-corrected chi connectivity index (χ0v) is 11.2. The summed E-state index contributed by atoms with van der Waals surface area (Å²) in [4.78, 5) is 11.5. The zero-order chi connectivity index (χ0) is 14.5. The summed E-state index contributed by atoms with van der Waals surface area (Å²) in [6.07, 6.45) is 2.56. The van der Waals surface area contributed by atoms with Crippen LogP contribution in [0.2, 0.25) is 0 Å². The third-order valence-corrected chi connectivity index (χ3v) is 3.11. The second kappa shape index (κ2) is 6.54. The van der Waals surface area contributed by atoms with E-state index in [0.717, 1.165) is 18.4 Å². The van der Waals surface area contributed by atoms with Gasteiger partial charge in [0.15, 0.2) is 11.5 Å². The summed E-state index contributed by atoms with van der Waals surface area (Å²) in [5, 5.41) is 2.85. The lowest BCUT2D eigenvalue weighted by atomic mass is 10.1. The van der Waals surface area contributed by atoms with Crippen molar-refractivity contribution in [2.24, 2.45) is 5.92 Å². The van der Waals surface area contributed by atoms with Gasteiger partial charge in [0.25, 0.3) is 0 Å². The van der Waals surface area contributed by atoms with Crippen LogP contribution in [0.3, 0.4) is 0 Å². The maximum Gasteiger partial charge on any atom is 0.387 e. The standard InChI is InChI=1S/C14H17F2NO3/c1-19-12-8-9(2-5-11(12)20-14(15)16)6-7-17-13(18)10-3-4-10/h2,5,8,10,14H,3-4,6-7H2,1H3,(H,17,18). The molecule has 4 nitrogen and oxygen atoms in total. The van der Waals surface area contributed by atoms with E-state index in [2.05, 4.69) is 10.1 Å². The van der Waals surface area contributed by atoms with E-state index in [-0.39, 0.29) is 23.3 Å². The molecule has 1 aromatic rings. The SMILES string of the molecule is COc1cc(CCNC(=O)C2CC2)ccc1OC(F)F. The third-order valence-electron chi connectivity index (χ3n) is 3.11. The van der Waals surface area contributed by atoms with Gasteiger partial charge in [0.05, 0.1) is 7.11 Å². The monoisotopic (exact) mass is 285 g/mol. The van der Waals surface area contributed by atoms with Crippen molar-refractivity contribution < 1.29 is 23.0 Å². The summed E-state index contributed by atoms with van der Waals surface area (Å²) < 4.78 is 33.7. The van der Waals surface area contributed by atoms with Crippen LogP contribution in [-0.2, 0) is 11.2 Å². The van der Waals surface area contributed by atoms with Crippen LogP contribution in [0, 0.1) is 5.92 Å². The highest BCUT2D eigenvalue weighted by Crippen LogP contribution is 2.30. The van der Waals surface area contributed by atoms with Crippen molar-refractivity contribution in [2.75, 3.05) is 13.7 Å². The Morgan fingerprint density at radius 1 is 1.40 bits per heavy atom. The number of halogens is 2. The lowest BCUT2D eigenvalue weighted by molar-refractivity contribution is -0.122. The van der Waals surface area contributed by atoms with Gasteiger partial charge in [-0.3, -0.25) is 4.79 Å². The lowest BCUT2D eigenvalue weighted by Gasteiger charge is -2.11. The molecule has 1 saturated carbocycles. The summed E-state index contributed by atoms with van der Waals surface area (Å²) in [7, 11) is 1.40. The molecule has 0 radical (unpaired) electrons. The average molecular weight is 285 g/mol. The fourth-order valence-corrected chi connectivity index (χ4v) is 1.88. The van der Waals surface area contributed by atoms with Gasteiger partial charge in [0, 0.05) is 12.5 Å². The minimum absolute atomic E-state index is 0.00765. The topological polar surface area (TPSA) is 47.6 Å². The molecule has 1 aliphatic carbocycles. The van der Waals surface area contributed by atoms with Crippen molar-refractivity contribution in [2.45, 2.75) is 25.9 Å². The molecule has 110 valence electrons. The number of hydrogen-bond donors (Lipinski definition) is 1. The van der Waals surface area contributed by atoms with Crippen LogP contribution < -0.4 is 14.8 Å². The third kappa shape index (κ3) is 4.08. The fraction of sp³-hybridized carbons (Fsp3) is 0.500. The summed E-state index contributed by atoms with van der Waals surface area (Å²) >= 11 is 0. The Bertz CT molecular complexity index is 475. The van der Waals surface area contributed by atoms with Crippen molar-refractivity contribution in [3.63, 3.8) is 0 Å². The zero-order valence-electron chi connectivity index (χ0n) is 11.2. The predicted octanol–water partition coefficient (Wildman–Crippen LogP) is 2.37. The molecule has 2 rings (SSSR count). The highest BCUT2D eigenvalue weighted by molar-refractivity contribution is 5.80. The van der Waals surface area contributed by atoms with E-state index in [4.69, 9.17) is 4.74 Å². The van der Waals surface area contributed by atoms with Crippen LogP contribution in [0.1, 0.15) is 18.4 Å². The molecule has 20 heavy (non-hydrogen) atoms. The number of alkyl halides is 2. The molecule has 0 atom stereocenters. The first-order chi connectivity index (χ1) is 9.60. The quantitative estimate of drug-likeness (QED) is 0.836. The van der Waals surface area contributed by atoms with Gasteiger partial charge in [-0.15, -0.1) is 0 Å². The summed E-state index contributed by atoms with van der Waals surface area (Å²) in [5.41, 5.74) is 0.888. The summed E-state index contributed by atoms with van der Waals surface area (Å²) in [6, 6.07) is 4.77. The Balaban J connectivity index is 1.89. The molecule has 0 heterocycles. The smallest absolute Gasteiger partial charge is 0.387 e. The highest BCUT2D eigenvalue weighted by atomic mass is 19.3. The second-order valence-electron chi connectivity index (χ2n) is 4.68. The maximum atomic E-state index is 12.2. The van der Waals surface area contributed by atoms with Gasteiger partial charge in [-0.2, -0.15) is 8.78 Å². The van der Waals surface area contributed by atoms with E-state index in [0.29, 0.717) is 13.0 Å². The van der Waals surface area contributed by atoms with E-state index >= 15 is 0 Å². The fourth-order valence-electron chi connectivity index (χ4n) is 1.88. The number of benzene rings is 1. The Morgan fingerprint density at radius 3 is 2.75 bits per heavy atom. The van der Waals surface area contributed by atoms with Crippen LogP contribution >= 0.6 is 0 Å². The molecule has 0 spiro atoms. The maximum absolute atomic E-state index is 12.2. The average Bonchev–Trinajstić information content (AvgIpc) is 3.24. The van der Waals surface area contributed by atoms with Crippen molar-refractivity contribution in [3.8, 4) is 11.5 Å². The first-order valence-corrected chi connectivity index (χ1v) is 6.49. The number of methoxy groups -OCH3 is 1. The number of amides is 1. The summed E-state index contributed by atoms with van der Waals surface area (Å²) in [5.74, 6) is 0.547. The Kier molecular flexibility index (Phi) is 4.76. The molecule has 1 amide bonds. The summed E-state index contributed by atoms with van der Waals surface area (Å²) in [6.45, 7) is -2.36. The molecular formula is C14H17F2NO3. The number of carbonyl (C=O) groups excluding carboxylic acids is 1. The van der Waals surface area contributed by atoms with Crippen LogP contribution in [-0.4, -0.2) is 26.2 Å². The number of hydrogen-bond acceptors (Lipinski definition) is 3. The Hall–Kier alpha value is -1.85. The van der Waals surface area contributed by atoms with E-state index in [1.54, 1.807) is 12.1 Å². The minimum atomic E-state index is -2.88. The Labute approximate surface area is 116 Å². The molecule has 0 unspecified atom stereocenters. The van der Waals surface area contributed by atoms with Crippen molar-refractivity contribution in [3.05, 3.63) is 23.8 Å². The van der Waals surface area contributed by atoms with Crippen LogP contribution in [0.15, 0.2) is 18.2 Å². The number of rotatable bonds is 7. The predicted molar refractivity (Wildman–Crippen MR) is 69.1 cm³/mol. The van der Waals surface area contributed by atoms with E-state index in [1.165, 1.54) is 13.2 Å². The number of nitrogens with one attached hydrogen (secondary N) is 1. The van der Waals surface area contributed by atoms with Crippen LogP contribution in [0.4, 0.5) is 8.78 Å². The first kappa shape index (κ1) is 14.6. The normalized spacial score (nSPS) is 14.2. The van der Waals surface area contributed by atoms with Crippen molar-refractivity contribution in [1.82, 2.24) is 5.32 Å². The van der Waals surface area contributed by atoms with Gasteiger partial charge in [0.1, 0.15) is 0 Å². The van der Waals surface area contributed by atoms with Gasteiger partial charge >= 0.3 is 6.61 Å². The molecule has 0 bridgehead atoms. The Morgan fingerprint density at radius 2 is 2.15 bits per heavy atom. The van der Waals surface area contributed by atoms with Gasteiger partial charge in [0.2, 0.25) is 5.91 Å². The lowest BCUT2D eigenvalue weighted by Crippen LogP contribution is -2.26. The van der Waals surface area contributed by atoms with Gasteiger partial charge in [-0.25, -0.2) is 0 Å². The second-order valence-corrected chi connectivity index (χ2v) is 4.68. The molecule has 0 aliphatic heterocycles. The molecule has 1 aromatic carbocycles. The van der Waals surface area contributed by atoms with Crippen LogP contribution in [0.5, 0.6) is 11.5 Å². The van der Waals surface area contributed by atoms with Crippen molar-refractivity contribution >= 4 is 5.91 Å². The van der Waals surface area contributed by atoms with Gasteiger partial charge in [-0.05, 0) is 37.0 Å². The molecule has 0 aromatic heterocycles. The van der Waals surface area contributed by atoms with E-state index < -0.39 is 6.61 Å². The van der Waals surface area contributed by atoms with Gasteiger partial charge in [-0.1, -0.05) is 6.07 Å². The number of carbonyl (C=O) groups is 1. The van der Waals surface area contributed by atoms with Crippen LogP contribution in [0.25, 0.3) is 0 Å². The molecule has 1 N–H and O–H groups in total. The largest absolute Gasteiger partial charge is 0.493 e. The van der Waals surface area contributed by atoms with Crippen molar-refractivity contribution in [1.29, 1.82) is 0 Å². The van der Waals surface area contributed by atoms with Gasteiger partial charge < -0.3 is 14.8 Å². The molecule has 6 heteroatoms. The van der Waals surface area contributed by atoms with E-state index in [1.807, 2.05) is 0 Å². The molecule has 1 fully saturated rings. The highest BCUT2D eigenvalue weighted by Gasteiger charge is 2.28. The first-order valence-electron chi connectivity index (χ1n) is 6.49.